The predicted octanol–water partition coefficient (Wildman–Crippen LogP) is 3.74. The Hall–Kier alpha value is -2.86. The minimum Gasteiger partial charge on any atom is -0.494 e. The molecule has 6 nitrogen and oxygen atoms in total. The van der Waals surface area contributed by atoms with Gasteiger partial charge in [0.2, 0.25) is 0 Å². The standard InChI is InChI=1S/C22H28N2O4/c1-16(2)12-14-28-18-10-8-17(9-11-18)21(25)24-20-7-5-4-6-19(20)22(26)23-13-15-27-3/h4-11,16H,12-15H2,1-3H3,(H,23,26)(H,24,25). The Labute approximate surface area is 166 Å². The number of benzene rings is 2. The molecule has 6 heteroatoms. The summed E-state index contributed by atoms with van der Waals surface area (Å²) < 4.78 is 10.6. The molecule has 150 valence electrons. The molecule has 0 fully saturated rings. The van der Waals surface area contributed by atoms with E-state index in [0.717, 1.165) is 12.2 Å². The third kappa shape index (κ3) is 6.70. The number of rotatable bonds is 10. The van der Waals surface area contributed by atoms with Crippen LogP contribution in [0.15, 0.2) is 48.5 Å². The van der Waals surface area contributed by atoms with E-state index in [0.29, 0.717) is 42.5 Å². The van der Waals surface area contributed by atoms with Crippen LogP contribution in [-0.2, 0) is 4.74 Å². The van der Waals surface area contributed by atoms with Crippen molar-refractivity contribution in [3.8, 4) is 5.75 Å². The van der Waals surface area contributed by atoms with E-state index < -0.39 is 0 Å². The van der Waals surface area contributed by atoms with Crippen molar-refractivity contribution in [3.05, 3.63) is 59.7 Å². The van der Waals surface area contributed by atoms with Gasteiger partial charge in [-0.25, -0.2) is 0 Å². The smallest absolute Gasteiger partial charge is 0.255 e. The summed E-state index contributed by atoms with van der Waals surface area (Å²) in [6.45, 7) is 5.76. The van der Waals surface area contributed by atoms with Crippen LogP contribution in [0.25, 0.3) is 0 Å². The first-order valence-electron chi connectivity index (χ1n) is 9.41. The molecule has 2 N–H and O–H groups in total. The molecule has 0 aliphatic carbocycles. The molecule has 0 aromatic heterocycles. The SMILES string of the molecule is COCCNC(=O)c1ccccc1NC(=O)c1ccc(OCCC(C)C)cc1. The molecule has 0 aliphatic heterocycles. The van der Waals surface area contributed by atoms with Gasteiger partial charge in [0, 0.05) is 19.2 Å². The first-order chi connectivity index (χ1) is 13.5. The van der Waals surface area contributed by atoms with Gasteiger partial charge in [-0.05, 0) is 48.7 Å². The Balaban J connectivity index is 2.00. The van der Waals surface area contributed by atoms with Gasteiger partial charge in [-0.15, -0.1) is 0 Å². The lowest BCUT2D eigenvalue weighted by atomic mass is 10.1. The second-order valence-electron chi connectivity index (χ2n) is 6.80. The van der Waals surface area contributed by atoms with E-state index >= 15 is 0 Å². The van der Waals surface area contributed by atoms with Crippen molar-refractivity contribution in [2.75, 3.05) is 32.2 Å². The van der Waals surface area contributed by atoms with Crippen LogP contribution < -0.4 is 15.4 Å². The fraction of sp³-hybridized carbons (Fsp3) is 0.364. The fourth-order valence-electron chi connectivity index (χ4n) is 2.46. The first-order valence-corrected chi connectivity index (χ1v) is 9.41. The summed E-state index contributed by atoms with van der Waals surface area (Å²) in [5.74, 6) is 0.764. The van der Waals surface area contributed by atoms with Gasteiger partial charge in [-0.2, -0.15) is 0 Å². The fourth-order valence-corrected chi connectivity index (χ4v) is 2.46. The molecule has 0 saturated carbocycles. The minimum atomic E-state index is -0.286. The molecule has 2 rings (SSSR count). The summed E-state index contributed by atoms with van der Waals surface area (Å²) in [5.41, 5.74) is 1.35. The second kappa shape index (κ2) is 11.1. The molecule has 0 heterocycles. The largest absolute Gasteiger partial charge is 0.494 e. The quantitative estimate of drug-likeness (QED) is 0.612. The zero-order valence-corrected chi connectivity index (χ0v) is 16.7. The summed E-state index contributed by atoms with van der Waals surface area (Å²) in [6.07, 6.45) is 0.978. The van der Waals surface area contributed by atoms with E-state index in [9.17, 15) is 9.59 Å². The lowest BCUT2D eigenvalue weighted by Crippen LogP contribution is -2.28. The highest BCUT2D eigenvalue weighted by atomic mass is 16.5. The number of anilines is 1. The van der Waals surface area contributed by atoms with Gasteiger partial charge in [0.25, 0.3) is 11.8 Å². The molecule has 0 radical (unpaired) electrons. The molecule has 0 aliphatic rings. The van der Waals surface area contributed by atoms with Crippen LogP contribution in [0.2, 0.25) is 0 Å². The molecule has 28 heavy (non-hydrogen) atoms. The summed E-state index contributed by atoms with van der Waals surface area (Å²) in [4.78, 5) is 24.9. The summed E-state index contributed by atoms with van der Waals surface area (Å²) in [5, 5.41) is 5.56. The van der Waals surface area contributed by atoms with Crippen LogP contribution in [0.5, 0.6) is 5.75 Å². The lowest BCUT2D eigenvalue weighted by Gasteiger charge is -2.12. The average Bonchev–Trinajstić information content (AvgIpc) is 2.68. The number of hydrogen-bond acceptors (Lipinski definition) is 4. The maximum absolute atomic E-state index is 12.6. The Bertz CT molecular complexity index is 772. The normalized spacial score (nSPS) is 10.6. The van der Waals surface area contributed by atoms with Crippen LogP contribution in [-0.4, -0.2) is 38.7 Å². The molecule has 2 aromatic carbocycles. The van der Waals surface area contributed by atoms with Gasteiger partial charge in [-0.1, -0.05) is 26.0 Å². The zero-order chi connectivity index (χ0) is 20.4. The topological polar surface area (TPSA) is 76.7 Å². The number of methoxy groups -OCH3 is 1. The molecule has 0 saturated heterocycles. The third-order valence-corrected chi connectivity index (χ3v) is 4.09. The van der Waals surface area contributed by atoms with E-state index in [-0.39, 0.29) is 11.8 Å². The zero-order valence-electron chi connectivity index (χ0n) is 16.7. The minimum absolute atomic E-state index is 0.262. The van der Waals surface area contributed by atoms with Crippen molar-refractivity contribution in [1.82, 2.24) is 5.32 Å². The summed E-state index contributed by atoms with van der Waals surface area (Å²) in [7, 11) is 1.57. The first kappa shape index (κ1) is 21.4. The third-order valence-electron chi connectivity index (χ3n) is 4.09. The van der Waals surface area contributed by atoms with Gasteiger partial charge in [0.05, 0.1) is 24.5 Å². The molecule has 0 bridgehead atoms. The Morgan fingerprint density at radius 1 is 0.964 bits per heavy atom. The number of carbonyl (C=O) groups is 2. The average molecular weight is 384 g/mol. The molecular formula is C22H28N2O4. The van der Waals surface area contributed by atoms with Gasteiger partial charge >= 0.3 is 0 Å². The Morgan fingerprint density at radius 2 is 1.68 bits per heavy atom. The van der Waals surface area contributed by atoms with Gasteiger partial charge in [0.1, 0.15) is 5.75 Å². The summed E-state index contributed by atoms with van der Waals surface area (Å²) in [6, 6.07) is 13.9. The van der Waals surface area contributed by atoms with Crippen molar-refractivity contribution in [3.63, 3.8) is 0 Å². The maximum Gasteiger partial charge on any atom is 0.255 e. The molecule has 2 aromatic rings. The summed E-state index contributed by atoms with van der Waals surface area (Å²) >= 11 is 0. The lowest BCUT2D eigenvalue weighted by molar-refractivity contribution is 0.0938. The second-order valence-corrected chi connectivity index (χ2v) is 6.80. The van der Waals surface area contributed by atoms with E-state index in [2.05, 4.69) is 24.5 Å². The molecule has 2 amide bonds. The van der Waals surface area contributed by atoms with Gasteiger partial charge < -0.3 is 20.1 Å². The van der Waals surface area contributed by atoms with Crippen molar-refractivity contribution in [2.24, 2.45) is 5.92 Å². The van der Waals surface area contributed by atoms with E-state index in [1.807, 2.05) is 0 Å². The Kier molecular flexibility index (Phi) is 8.49. The molecular weight excluding hydrogens is 356 g/mol. The monoisotopic (exact) mass is 384 g/mol. The number of para-hydroxylation sites is 1. The molecule has 0 atom stereocenters. The van der Waals surface area contributed by atoms with E-state index in [1.54, 1.807) is 55.6 Å². The van der Waals surface area contributed by atoms with Crippen LogP contribution in [0.3, 0.4) is 0 Å². The number of ether oxygens (including phenoxy) is 2. The number of nitrogens with one attached hydrogen (secondary N) is 2. The Morgan fingerprint density at radius 3 is 2.36 bits per heavy atom. The van der Waals surface area contributed by atoms with Gasteiger partial charge in [0.15, 0.2) is 0 Å². The number of hydrogen-bond donors (Lipinski definition) is 2. The van der Waals surface area contributed by atoms with Crippen LogP contribution in [0.1, 0.15) is 41.0 Å². The van der Waals surface area contributed by atoms with Crippen molar-refractivity contribution in [2.45, 2.75) is 20.3 Å². The van der Waals surface area contributed by atoms with Crippen molar-refractivity contribution < 1.29 is 19.1 Å². The maximum atomic E-state index is 12.6. The van der Waals surface area contributed by atoms with E-state index in [4.69, 9.17) is 9.47 Å². The highest BCUT2D eigenvalue weighted by Gasteiger charge is 2.14. The highest BCUT2D eigenvalue weighted by molar-refractivity contribution is 6.09. The van der Waals surface area contributed by atoms with Crippen LogP contribution in [0, 0.1) is 5.92 Å². The van der Waals surface area contributed by atoms with Crippen molar-refractivity contribution >= 4 is 17.5 Å². The molecule has 0 unspecified atom stereocenters. The van der Waals surface area contributed by atoms with Gasteiger partial charge in [-0.3, -0.25) is 9.59 Å². The molecule has 0 spiro atoms. The number of carbonyl (C=O) groups excluding carboxylic acids is 2. The number of amides is 2. The van der Waals surface area contributed by atoms with Crippen LogP contribution in [0.4, 0.5) is 5.69 Å². The van der Waals surface area contributed by atoms with Crippen molar-refractivity contribution in [1.29, 1.82) is 0 Å². The highest BCUT2D eigenvalue weighted by Crippen LogP contribution is 2.18. The predicted molar refractivity (Wildman–Crippen MR) is 110 cm³/mol. The van der Waals surface area contributed by atoms with Crippen LogP contribution >= 0.6 is 0 Å². The van der Waals surface area contributed by atoms with E-state index in [1.165, 1.54) is 0 Å².